The smallest absolute Gasteiger partial charge is 0.226 e. The summed E-state index contributed by atoms with van der Waals surface area (Å²) in [6.07, 6.45) is 3.02. The summed E-state index contributed by atoms with van der Waals surface area (Å²) in [6.45, 7) is 5.77. The van der Waals surface area contributed by atoms with Crippen LogP contribution >= 0.6 is 0 Å². The van der Waals surface area contributed by atoms with Gasteiger partial charge < -0.3 is 4.90 Å². The van der Waals surface area contributed by atoms with Crippen LogP contribution in [0.3, 0.4) is 0 Å². The van der Waals surface area contributed by atoms with Gasteiger partial charge in [0.15, 0.2) is 0 Å². The Morgan fingerprint density at radius 2 is 2.21 bits per heavy atom. The molecule has 0 heterocycles. The molecule has 1 aliphatic rings. The number of carbonyl (C=O) groups excluding carboxylic acids is 1. The molecule has 1 fully saturated rings. The minimum atomic E-state index is -0.214. The van der Waals surface area contributed by atoms with Gasteiger partial charge in [-0.2, -0.15) is 0 Å². The average molecular weight is 263 g/mol. The molecule has 0 saturated heterocycles. The molecule has 0 aromatic heterocycles. The first-order chi connectivity index (χ1) is 9.17. The van der Waals surface area contributed by atoms with Gasteiger partial charge in [-0.15, -0.1) is 0 Å². The number of benzene rings is 1. The van der Waals surface area contributed by atoms with E-state index in [9.17, 15) is 9.18 Å². The number of nitrogens with zero attached hydrogens (tertiary/aromatic N) is 1. The van der Waals surface area contributed by atoms with Crippen LogP contribution < -0.4 is 0 Å². The molecule has 2 unspecified atom stereocenters. The lowest BCUT2D eigenvalue weighted by molar-refractivity contribution is -0.132. The van der Waals surface area contributed by atoms with Crippen LogP contribution in [0.25, 0.3) is 0 Å². The number of unbranched alkanes of at least 4 members (excludes halogenated alkanes) is 1. The minimum absolute atomic E-state index is 0.0682. The van der Waals surface area contributed by atoms with Crippen molar-refractivity contribution in [2.45, 2.75) is 39.0 Å². The van der Waals surface area contributed by atoms with Crippen molar-refractivity contribution in [3.05, 3.63) is 35.6 Å². The van der Waals surface area contributed by atoms with Crippen LogP contribution in [-0.2, 0) is 4.79 Å². The largest absolute Gasteiger partial charge is 0.343 e. The summed E-state index contributed by atoms with van der Waals surface area (Å²) < 4.78 is 13.2. The fourth-order valence-corrected chi connectivity index (χ4v) is 2.58. The van der Waals surface area contributed by atoms with Crippen molar-refractivity contribution in [3.8, 4) is 0 Å². The highest BCUT2D eigenvalue weighted by Gasteiger charge is 2.45. The predicted octanol–water partition coefficient (Wildman–Crippen LogP) is 3.58. The molecule has 0 N–H and O–H groups in total. The standard InChI is InChI=1S/C16H22FNO/c1-3-5-9-18(4-2)16(19)15-11-14(15)12-7-6-8-13(17)10-12/h6-8,10,14-15H,3-5,9,11H2,1-2H3. The summed E-state index contributed by atoms with van der Waals surface area (Å²) in [4.78, 5) is 14.3. The lowest BCUT2D eigenvalue weighted by Crippen LogP contribution is -2.33. The maximum absolute atomic E-state index is 13.2. The Labute approximate surface area is 114 Å². The summed E-state index contributed by atoms with van der Waals surface area (Å²) in [6, 6.07) is 6.64. The van der Waals surface area contributed by atoms with Gasteiger partial charge in [0.05, 0.1) is 0 Å². The Morgan fingerprint density at radius 1 is 1.42 bits per heavy atom. The zero-order chi connectivity index (χ0) is 13.8. The highest BCUT2D eigenvalue weighted by atomic mass is 19.1. The van der Waals surface area contributed by atoms with Crippen LogP contribution in [-0.4, -0.2) is 23.9 Å². The highest BCUT2D eigenvalue weighted by molar-refractivity contribution is 5.83. The molecule has 1 saturated carbocycles. The van der Waals surface area contributed by atoms with Crippen molar-refractivity contribution in [2.24, 2.45) is 5.92 Å². The monoisotopic (exact) mass is 263 g/mol. The SMILES string of the molecule is CCCCN(CC)C(=O)C1CC1c1cccc(F)c1. The van der Waals surface area contributed by atoms with Crippen molar-refractivity contribution >= 4 is 5.91 Å². The fraction of sp³-hybridized carbons (Fsp3) is 0.562. The summed E-state index contributed by atoms with van der Waals surface area (Å²) >= 11 is 0. The number of hydrogen-bond acceptors (Lipinski definition) is 1. The second-order valence-corrected chi connectivity index (χ2v) is 5.28. The molecule has 0 aliphatic heterocycles. The molecule has 1 aliphatic carbocycles. The van der Waals surface area contributed by atoms with E-state index in [0.717, 1.165) is 37.9 Å². The molecule has 2 nitrogen and oxygen atoms in total. The van der Waals surface area contributed by atoms with E-state index in [4.69, 9.17) is 0 Å². The van der Waals surface area contributed by atoms with Crippen LogP contribution in [0.2, 0.25) is 0 Å². The van der Waals surface area contributed by atoms with Crippen molar-refractivity contribution < 1.29 is 9.18 Å². The van der Waals surface area contributed by atoms with E-state index in [0.29, 0.717) is 0 Å². The molecule has 0 radical (unpaired) electrons. The molecule has 1 amide bonds. The third-order valence-electron chi connectivity index (χ3n) is 3.86. The first-order valence-corrected chi connectivity index (χ1v) is 7.21. The molecule has 0 bridgehead atoms. The number of amides is 1. The van der Waals surface area contributed by atoms with Gasteiger partial charge in [-0.25, -0.2) is 4.39 Å². The summed E-state index contributed by atoms with van der Waals surface area (Å²) in [5.74, 6) is 0.316. The quantitative estimate of drug-likeness (QED) is 0.768. The Hall–Kier alpha value is -1.38. The number of hydrogen-bond donors (Lipinski definition) is 0. The minimum Gasteiger partial charge on any atom is -0.343 e. The van der Waals surface area contributed by atoms with E-state index in [-0.39, 0.29) is 23.6 Å². The van der Waals surface area contributed by atoms with E-state index < -0.39 is 0 Å². The van der Waals surface area contributed by atoms with Gasteiger partial charge in [0, 0.05) is 19.0 Å². The maximum atomic E-state index is 13.2. The lowest BCUT2D eigenvalue weighted by atomic mass is 10.1. The van der Waals surface area contributed by atoms with Crippen molar-refractivity contribution in [1.29, 1.82) is 0 Å². The highest BCUT2D eigenvalue weighted by Crippen LogP contribution is 2.48. The Bertz CT molecular complexity index is 446. The molecule has 3 heteroatoms. The van der Waals surface area contributed by atoms with E-state index in [1.807, 2.05) is 17.9 Å². The normalized spacial score (nSPS) is 21.2. The van der Waals surface area contributed by atoms with Crippen LogP contribution in [0.1, 0.15) is 44.6 Å². The summed E-state index contributed by atoms with van der Waals surface area (Å²) in [5, 5.41) is 0. The van der Waals surface area contributed by atoms with Crippen LogP contribution in [0.15, 0.2) is 24.3 Å². The van der Waals surface area contributed by atoms with E-state index in [2.05, 4.69) is 6.92 Å². The number of carbonyl (C=O) groups is 1. The van der Waals surface area contributed by atoms with Crippen molar-refractivity contribution in [2.75, 3.05) is 13.1 Å². The number of halogens is 1. The third kappa shape index (κ3) is 3.34. The Kier molecular flexibility index (Phi) is 4.56. The molecule has 104 valence electrons. The lowest BCUT2D eigenvalue weighted by Gasteiger charge is -2.20. The van der Waals surface area contributed by atoms with Gasteiger partial charge >= 0.3 is 0 Å². The van der Waals surface area contributed by atoms with Crippen LogP contribution in [0.5, 0.6) is 0 Å². The summed E-state index contributed by atoms with van der Waals surface area (Å²) in [5.41, 5.74) is 0.963. The first kappa shape index (κ1) is 14.0. The maximum Gasteiger partial charge on any atom is 0.226 e. The topological polar surface area (TPSA) is 20.3 Å². The Balaban J connectivity index is 1.96. The molecule has 19 heavy (non-hydrogen) atoms. The van der Waals surface area contributed by atoms with Gasteiger partial charge in [-0.1, -0.05) is 25.5 Å². The third-order valence-corrected chi connectivity index (χ3v) is 3.86. The van der Waals surface area contributed by atoms with Gasteiger partial charge in [0.1, 0.15) is 5.82 Å². The van der Waals surface area contributed by atoms with Gasteiger partial charge in [-0.05, 0) is 43.4 Å². The van der Waals surface area contributed by atoms with Crippen molar-refractivity contribution in [1.82, 2.24) is 4.90 Å². The second-order valence-electron chi connectivity index (χ2n) is 5.28. The van der Waals surface area contributed by atoms with Gasteiger partial charge in [0.25, 0.3) is 0 Å². The fourth-order valence-electron chi connectivity index (χ4n) is 2.58. The predicted molar refractivity (Wildman–Crippen MR) is 74.4 cm³/mol. The van der Waals surface area contributed by atoms with Crippen molar-refractivity contribution in [3.63, 3.8) is 0 Å². The molecule has 0 spiro atoms. The number of rotatable bonds is 6. The van der Waals surface area contributed by atoms with Gasteiger partial charge in [0.2, 0.25) is 5.91 Å². The molecular formula is C16H22FNO. The molecule has 1 aromatic carbocycles. The van der Waals surface area contributed by atoms with Crippen LogP contribution in [0, 0.1) is 11.7 Å². The molecular weight excluding hydrogens is 241 g/mol. The van der Waals surface area contributed by atoms with Crippen LogP contribution in [0.4, 0.5) is 4.39 Å². The van der Waals surface area contributed by atoms with E-state index in [1.54, 1.807) is 12.1 Å². The van der Waals surface area contributed by atoms with E-state index >= 15 is 0 Å². The molecule has 1 aromatic rings. The molecule has 2 rings (SSSR count). The Morgan fingerprint density at radius 3 is 2.84 bits per heavy atom. The zero-order valence-corrected chi connectivity index (χ0v) is 11.7. The summed E-state index contributed by atoms with van der Waals surface area (Å²) in [7, 11) is 0. The average Bonchev–Trinajstić information content (AvgIpc) is 3.19. The van der Waals surface area contributed by atoms with Gasteiger partial charge in [-0.3, -0.25) is 4.79 Å². The zero-order valence-electron chi connectivity index (χ0n) is 11.7. The second kappa shape index (κ2) is 6.18. The molecule has 2 atom stereocenters. The first-order valence-electron chi connectivity index (χ1n) is 7.21. The van der Waals surface area contributed by atoms with E-state index in [1.165, 1.54) is 6.07 Å².